The molecule has 6 heteroatoms. The van der Waals surface area contributed by atoms with Crippen LogP contribution in [0.3, 0.4) is 0 Å². The van der Waals surface area contributed by atoms with Gasteiger partial charge in [0.15, 0.2) is 0 Å². The van der Waals surface area contributed by atoms with Gasteiger partial charge in [-0.3, -0.25) is 0 Å². The van der Waals surface area contributed by atoms with Crippen molar-refractivity contribution < 1.29 is 9.18 Å². The Morgan fingerprint density at radius 1 is 1.23 bits per heavy atom. The number of likely N-dealkylation sites (tertiary alicyclic amines) is 1. The van der Waals surface area contributed by atoms with Crippen LogP contribution < -0.4 is 5.32 Å². The van der Waals surface area contributed by atoms with E-state index in [1.165, 1.54) is 12.4 Å². The third-order valence-corrected chi connectivity index (χ3v) is 4.76. The van der Waals surface area contributed by atoms with Gasteiger partial charge in [0, 0.05) is 30.2 Å². The lowest BCUT2D eigenvalue weighted by Crippen LogP contribution is -2.41. The van der Waals surface area contributed by atoms with Gasteiger partial charge >= 0.3 is 6.03 Å². The molecule has 3 rings (SSSR count). The SMILES string of the molecule is CC(C)(C)c1ccc(NC(=O)N2CCCCC2c2cncnc2)cc1F. The number of nitrogens with zero attached hydrogens (tertiary/aromatic N) is 3. The molecular formula is C20H25FN4O. The van der Waals surface area contributed by atoms with Gasteiger partial charge in [-0.2, -0.15) is 0 Å². The van der Waals surface area contributed by atoms with E-state index in [0.29, 0.717) is 17.8 Å². The Balaban J connectivity index is 1.77. The van der Waals surface area contributed by atoms with Gasteiger partial charge in [-0.25, -0.2) is 19.2 Å². The summed E-state index contributed by atoms with van der Waals surface area (Å²) in [6, 6.07) is 4.61. The van der Waals surface area contributed by atoms with E-state index in [1.807, 2.05) is 20.8 Å². The molecule has 1 aliphatic heterocycles. The smallest absolute Gasteiger partial charge is 0.317 e. The quantitative estimate of drug-likeness (QED) is 0.850. The average Bonchev–Trinajstić information content (AvgIpc) is 2.61. The Labute approximate surface area is 153 Å². The Hall–Kier alpha value is -2.50. The maximum Gasteiger partial charge on any atom is 0.322 e. The van der Waals surface area contributed by atoms with Crippen LogP contribution in [0, 0.1) is 5.82 Å². The second kappa shape index (κ2) is 7.40. The van der Waals surface area contributed by atoms with Crippen LogP contribution in [0.4, 0.5) is 14.9 Å². The predicted octanol–water partition coefficient (Wildman–Crippen LogP) is 4.67. The summed E-state index contributed by atoms with van der Waals surface area (Å²) in [6.07, 6.45) is 7.86. The highest BCUT2D eigenvalue weighted by Gasteiger charge is 2.28. The lowest BCUT2D eigenvalue weighted by molar-refractivity contribution is 0.163. The molecule has 2 amide bonds. The van der Waals surface area contributed by atoms with Gasteiger partial charge in [0.1, 0.15) is 12.1 Å². The van der Waals surface area contributed by atoms with Gasteiger partial charge in [0.05, 0.1) is 6.04 Å². The lowest BCUT2D eigenvalue weighted by atomic mass is 9.86. The van der Waals surface area contributed by atoms with Gasteiger partial charge in [0.25, 0.3) is 0 Å². The maximum absolute atomic E-state index is 14.4. The molecule has 0 saturated carbocycles. The lowest BCUT2D eigenvalue weighted by Gasteiger charge is -2.35. The number of hydrogen-bond donors (Lipinski definition) is 1. The van der Waals surface area contributed by atoms with Gasteiger partial charge in [0.2, 0.25) is 0 Å². The molecule has 5 nitrogen and oxygen atoms in total. The number of amides is 2. The standard InChI is InChI=1S/C20H25FN4O/c1-20(2,3)16-8-7-15(10-17(16)21)24-19(26)25-9-5-4-6-18(25)14-11-22-13-23-12-14/h7-8,10-13,18H,4-6,9H2,1-3H3,(H,24,26). The van der Waals surface area contributed by atoms with Crippen LogP contribution >= 0.6 is 0 Å². The minimum atomic E-state index is -0.304. The van der Waals surface area contributed by atoms with Crippen molar-refractivity contribution in [2.24, 2.45) is 0 Å². The van der Waals surface area contributed by atoms with Crippen LogP contribution in [-0.4, -0.2) is 27.4 Å². The van der Waals surface area contributed by atoms with Crippen LogP contribution in [-0.2, 0) is 5.41 Å². The predicted molar refractivity (Wildman–Crippen MR) is 99.4 cm³/mol. The van der Waals surface area contributed by atoms with Crippen LogP contribution in [0.5, 0.6) is 0 Å². The maximum atomic E-state index is 14.4. The van der Waals surface area contributed by atoms with Crippen molar-refractivity contribution in [2.45, 2.75) is 51.5 Å². The molecule has 1 fully saturated rings. The van der Waals surface area contributed by atoms with E-state index in [-0.39, 0.29) is 23.3 Å². The fourth-order valence-electron chi connectivity index (χ4n) is 3.40. The molecule has 2 heterocycles. The molecule has 138 valence electrons. The number of carbonyl (C=O) groups excluding carboxylic acids is 1. The summed E-state index contributed by atoms with van der Waals surface area (Å²) in [7, 11) is 0. The Morgan fingerprint density at radius 2 is 1.96 bits per heavy atom. The zero-order valence-electron chi connectivity index (χ0n) is 15.5. The first-order chi connectivity index (χ1) is 12.4. The van der Waals surface area contributed by atoms with Crippen molar-refractivity contribution in [3.05, 3.63) is 53.9 Å². The number of hydrogen-bond acceptors (Lipinski definition) is 3. The molecule has 0 bridgehead atoms. The van der Waals surface area contributed by atoms with E-state index in [1.54, 1.807) is 29.4 Å². The van der Waals surface area contributed by atoms with E-state index >= 15 is 0 Å². The zero-order chi connectivity index (χ0) is 18.7. The van der Waals surface area contributed by atoms with Crippen molar-refractivity contribution in [3.63, 3.8) is 0 Å². The Kier molecular flexibility index (Phi) is 5.20. The molecule has 1 aromatic carbocycles. The third kappa shape index (κ3) is 4.00. The molecule has 2 aromatic rings. The number of nitrogens with one attached hydrogen (secondary N) is 1. The summed E-state index contributed by atoms with van der Waals surface area (Å²) in [4.78, 5) is 22.7. The first-order valence-electron chi connectivity index (χ1n) is 8.99. The summed E-state index contributed by atoms with van der Waals surface area (Å²) >= 11 is 0. The summed E-state index contributed by atoms with van der Waals surface area (Å²) in [5.41, 5.74) is 1.75. The molecule has 1 unspecified atom stereocenters. The highest BCUT2D eigenvalue weighted by molar-refractivity contribution is 5.89. The molecule has 26 heavy (non-hydrogen) atoms. The monoisotopic (exact) mass is 356 g/mol. The minimum Gasteiger partial charge on any atom is -0.317 e. The molecule has 0 radical (unpaired) electrons. The third-order valence-electron chi connectivity index (χ3n) is 4.76. The number of rotatable bonds is 2. The number of halogens is 1. The van der Waals surface area contributed by atoms with E-state index in [0.717, 1.165) is 24.8 Å². The van der Waals surface area contributed by atoms with Crippen LogP contribution in [0.1, 0.15) is 57.2 Å². The molecule has 1 atom stereocenters. The molecule has 1 N–H and O–H groups in total. The van der Waals surface area contributed by atoms with E-state index < -0.39 is 0 Å². The first-order valence-corrected chi connectivity index (χ1v) is 8.99. The molecule has 0 spiro atoms. The molecule has 1 saturated heterocycles. The second-order valence-corrected chi connectivity index (χ2v) is 7.75. The minimum absolute atomic E-state index is 0.0522. The summed E-state index contributed by atoms with van der Waals surface area (Å²) < 4.78 is 14.4. The topological polar surface area (TPSA) is 58.1 Å². The summed E-state index contributed by atoms with van der Waals surface area (Å²) in [5.74, 6) is -0.304. The van der Waals surface area contributed by atoms with Crippen molar-refractivity contribution in [1.82, 2.24) is 14.9 Å². The van der Waals surface area contributed by atoms with Crippen LogP contribution in [0.25, 0.3) is 0 Å². The largest absolute Gasteiger partial charge is 0.322 e. The normalized spacial score (nSPS) is 17.8. The van der Waals surface area contributed by atoms with Crippen molar-refractivity contribution in [3.8, 4) is 0 Å². The Morgan fingerprint density at radius 3 is 2.62 bits per heavy atom. The first kappa shape index (κ1) is 18.3. The number of aromatic nitrogens is 2. The fourth-order valence-corrected chi connectivity index (χ4v) is 3.40. The highest BCUT2D eigenvalue weighted by Crippen LogP contribution is 2.31. The van der Waals surface area contributed by atoms with Crippen molar-refractivity contribution in [2.75, 3.05) is 11.9 Å². The summed E-state index contributed by atoms with van der Waals surface area (Å²) in [5, 5.41) is 2.84. The second-order valence-electron chi connectivity index (χ2n) is 7.75. The van der Waals surface area contributed by atoms with Crippen molar-refractivity contribution in [1.29, 1.82) is 0 Å². The van der Waals surface area contributed by atoms with Gasteiger partial charge in [-0.05, 0) is 42.4 Å². The number of anilines is 1. The van der Waals surface area contributed by atoms with Crippen LogP contribution in [0.2, 0.25) is 0 Å². The summed E-state index contributed by atoms with van der Waals surface area (Å²) in [6.45, 7) is 6.55. The highest BCUT2D eigenvalue weighted by atomic mass is 19.1. The number of piperidine rings is 1. The molecule has 1 aromatic heterocycles. The van der Waals surface area contributed by atoms with E-state index in [4.69, 9.17) is 0 Å². The molecule has 1 aliphatic rings. The molecular weight excluding hydrogens is 331 g/mol. The fraction of sp³-hybridized carbons (Fsp3) is 0.450. The number of urea groups is 1. The van der Waals surface area contributed by atoms with Crippen molar-refractivity contribution >= 4 is 11.7 Å². The number of carbonyl (C=O) groups is 1. The zero-order valence-corrected chi connectivity index (χ0v) is 15.5. The average molecular weight is 356 g/mol. The van der Waals surface area contributed by atoms with E-state index in [9.17, 15) is 9.18 Å². The van der Waals surface area contributed by atoms with Gasteiger partial charge in [-0.15, -0.1) is 0 Å². The van der Waals surface area contributed by atoms with Crippen LogP contribution in [0.15, 0.2) is 36.9 Å². The Bertz CT molecular complexity index is 773. The van der Waals surface area contributed by atoms with Gasteiger partial charge in [-0.1, -0.05) is 26.8 Å². The molecule has 0 aliphatic carbocycles. The number of benzene rings is 1. The van der Waals surface area contributed by atoms with Gasteiger partial charge < -0.3 is 10.2 Å². The van der Waals surface area contributed by atoms with E-state index in [2.05, 4.69) is 15.3 Å².